The second-order valence-electron chi connectivity index (χ2n) is 3.24. The molecule has 0 radical (unpaired) electrons. The average molecular weight is 190 g/mol. The normalized spacial score (nSPS) is 10.6. The van der Waals surface area contributed by atoms with Gasteiger partial charge >= 0.3 is 0 Å². The number of carbonyl (C=O) groups is 1. The van der Waals surface area contributed by atoms with Gasteiger partial charge in [-0.2, -0.15) is 0 Å². The van der Waals surface area contributed by atoms with Gasteiger partial charge < -0.3 is 9.51 Å². The summed E-state index contributed by atoms with van der Waals surface area (Å²) in [5, 5.41) is 9.45. The first-order valence-corrected chi connectivity index (χ1v) is 4.32. The van der Waals surface area contributed by atoms with E-state index in [4.69, 9.17) is 0 Å². The van der Waals surface area contributed by atoms with Crippen molar-refractivity contribution in [3.05, 3.63) is 30.2 Å². The lowest BCUT2D eigenvalue weighted by Crippen LogP contribution is -1.95. The fourth-order valence-corrected chi connectivity index (χ4v) is 1.39. The van der Waals surface area contributed by atoms with Gasteiger partial charge in [-0.3, -0.25) is 4.79 Å². The van der Waals surface area contributed by atoms with Crippen molar-refractivity contribution in [2.45, 2.75) is 13.3 Å². The quantitative estimate of drug-likeness (QED) is 0.773. The van der Waals surface area contributed by atoms with Gasteiger partial charge in [0.15, 0.2) is 11.4 Å². The molecule has 1 N–H and O–H groups in total. The summed E-state index contributed by atoms with van der Waals surface area (Å²) in [6.45, 7) is 1.52. The molecule has 14 heavy (non-hydrogen) atoms. The van der Waals surface area contributed by atoms with Crippen LogP contribution in [0.3, 0.4) is 0 Å². The largest absolute Gasteiger partial charge is 0.504 e. The molecule has 0 saturated carbocycles. The molecule has 0 unspecified atom stereocenters. The maximum absolute atomic E-state index is 10.9. The Morgan fingerprint density at radius 2 is 2.43 bits per heavy atom. The molecular formula is C10H10N2O2. The molecule has 0 fully saturated rings. The predicted octanol–water partition coefficient (Wildman–Crippen LogP) is 1.17. The number of pyridine rings is 1. The molecular weight excluding hydrogens is 180 g/mol. The summed E-state index contributed by atoms with van der Waals surface area (Å²) in [5.74, 6) is 0.190. The van der Waals surface area contributed by atoms with E-state index in [1.54, 1.807) is 28.9 Å². The molecule has 0 bridgehead atoms. The summed E-state index contributed by atoms with van der Waals surface area (Å²) >= 11 is 0. The summed E-state index contributed by atoms with van der Waals surface area (Å²) in [5.41, 5.74) is 1.17. The highest BCUT2D eigenvalue weighted by Gasteiger charge is 2.06. The fraction of sp³-hybridized carbons (Fsp3) is 0.200. The summed E-state index contributed by atoms with van der Waals surface area (Å²) in [6, 6.07) is 3.29. The Balaban J connectivity index is 2.51. The zero-order valence-corrected chi connectivity index (χ0v) is 7.77. The highest BCUT2D eigenvalue weighted by molar-refractivity contribution is 5.78. The molecule has 2 rings (SSSR count). The Morgan fingerprint density at radius 1 is 1.64 bits per heavy atom. The molecule has 2 aromatic rings. The van der Waals surface area contributed by atoms with Crippen LogP contribution in [-0.2, 0) is 11.2 Å². The second kappa shape index (κ2) is 3.14. The van der Waals surface area contributed by atoms with Crippen LogP contribution in [0, 0.1) is 0 Å². The molecule has 0 atom stereocenters. The zero-order valence-electron chi connectivity index (χ0n) is 7.77. The van der Waals surface area contributed by atoms with E-state index in [-0.39, 0.29) is 11.5 Å². The van der Waals surface area contributed by atoms with E-state index < -0.39 is 0 Å². The van der Waals surface area contributed by atoms with Crippen molar-refractivity contribution in [3.63, 3.8) is 0 Å². The van der Waals surface area contributed by atoms with Gasteiger partial charge in [-0.25, -0.2) is 4.98 Å². The number of nitrogens with zero attached hydrogens (tertiary/aromatic N) is 2. The number of carbonyl (C=O) groups excluding carboxylic acids is 1. The summed E-state index contributed by atoms with van der Waals surface area (Å²) in [6.07, 6.45) is 3.84. The summed E-state index contributed by atoms with van der Waals surface area (Å²) in [7, 11) is 0. The maximum Gasteiger partial charge on any atom is 0.179 e. The van der Waals surface area contributed by atoms with Crippen LogP contribution in [0.25, 0.3) is 5.65 Å². The number of imidazole rings is 1. The van der Waals surface area contributed by atoms with Gasteiger partial charge in [0.25, 0.3) is 0 Å². The number of aromatic nitrogens is 2. The van der Waals surface area contributed by atoms with Crippen LogP contribution in [0.5, 0.6) is 5.75 Å². The van der Waals surface area contributed by atoms with Crippen LogP contribution in [0.2, 0.25) is 0 Å². The average Bonchev–Trinajstić information content (AvgIpc) is 2.47. The SMILES string of the molecule is CC(=O)Cc1cn2cccc(O)c2n1. The van der Waals surface area contributed by atoms with Crippen molar-refractivity contribution in [1.29, 1.82) is 0 Å². The molecule has 2 heterocycles. The van der Waals surface area contributed by atoms with Gasteiger partial charge in [-0.15, -0.1) is 0 Å². The van der Waals surface area contributed by atoms with Gasteiger partial charge in [0, 0.05) is 18.8 Å². The minimum Gasteiger partial charge on any atom is -0.504 e. The van der Waals surface area contributed by atoms with Gasteiger partial charge in [-0.1, -0.05) is 0 Å². The lowest BCUT2D eigenvalue weighted by Gasteiger charge is -1.92. The molecule has 72 valence electrons. The van der Waals surface area contributed by atoms with Crippen LogP contribution in [0.4, 0.5) is 0 Å². The van der Waals surface area contributed by atoms with Crippen LogP contribution >= 0.6 is 0 Å². The topological polar surface area (TPSA) is 54.6 Å². The molecule has 0 amide bonds. The first kappa shape index (κ1) is 8.74. The molecule has 0 aliphatic carbocycles. The number of ketones is 1. The van der Waals surface area contributed by atoms with Crippen molar-refractivity contribution in [2.24, 2.45) is 0 Å². The van der Waals surface area contributed by atoms with Crippen molar-refractivity contribution in [3.8, 4) is 5.75 Å². The number of hydrogen-bond acceptors (Lipinski definition) is 3. The van der Waals surface area contributed by atoms with E-state index >= 15 is 0 Å². The third-order valence-corrected chi connectivity index (χ3v) is 1.94. The lowest BCUT2D eigenvalue weighted by atomic mass is 10.2. The number of aromatic hydroxyl groups is 1. The van der Waals surface area contributed by atoms with Crippen molar-refractivity contribution in [1.82, 2.24) is 9.38 Å². The van der Waals surface area contributed by atoms with E-state index in [2.05, 4.69) is 4.98 Å². The van der Waals surface area contributed by atoms with Crippen LogP contribution in [0.15, 0.2) is 24.5 Å². The zero-order chi connectivity index (χ0) is 10.1. The third-order valence-electron chi connectivity index (χ3n) is 1.94. The first-order chi connectivity index (χ1) is 6.66. The highest BCUT2D eigenvalue weighted by Crippen LogP contribution is 2.16. The Morgan fingerprint density at radius 3 is 3.07 bits per heavy atom. The van der Waals surface area contributed by atoms with E-state index in [0.29, 0.717) is 17.8 Å². The monoisotopic (exact) mass is 190 g/mol. The molecule has 0 aromatic carbocycles. The Hall–Kier alpha value is -1.84. The van der Waals surface area contributed by atoms with Gasteiger partial charge in [-0.05, 0) is 19.1 Å². The number of hydrogen-bond donors (Lipinski definition) is 1. The number of Topliss-reactive ketones (excluding diaryl/α,β-unsaturated/α-hetero) is 1. The van der Waals surface area contributed by atoms with E-state index in [1.165, 1.54) is 6.92 Å². The molecule has 0 spiro atoms. The first-order valence-electron chi connectivity index (χ1n) is 4.32. The molecule has 0 saturated heterocycles. The van der Waals surface area contributed by atoms with Crippen molar-refractivity contribution >= 4 is 11.4 Å². The van der Waals surface area contributed by atoms with E-state index in [0.717, 1.165) is 0 Å². The van der Waals surface area contributed by atoms with Crippen molar-refractivity contribution < 1.29 is 9.90 Å². The third kappa shape index (κ3) is 1.46. The standard InChI is InChI=1S/C10H10N2O2/c1-7(13)5-8-6-12-4-2-3-9(14)10(12)11-8/h2-4,6,14H,5H2,1H3. The molecule has 0 aliphatic rings. The molecule has 4 nitrogen and oxygen atoms in total. The van der Waals surface area contributed by atoms with Crippen LogP contribution in [-0.4, -0.2) is 20.3 Å². The van der Waals surface area contributed by atoms with Gasteiger partial charge in [0.05, 0.1) is 5.69 Å². The van der Waals surface area contributed by atoms with Crippen LogP contribution in [0.1, 0.15) is 12.6 Å². The molecule has 2 aromatic heterocycles. The number of fused-ring (bicyclic) bond motifs is 1. The fourth-order valence-electron chi connectivity index (χ4n) is 1.39. The summed E-state index contributed by atoms with van der Waals surface area (Å²) in [4.78, 5) is 15.0. The predicted molar refractivity (Wildman–Crippen MR) is 51.2 cm³/mol. The molecule has 0 aliphatic heterocycles. The van der Waals surface area contributed by atoms with E-state index in [1.807, 2.05) is 0 Å². The second-order valence-corrected chi connectivity index (χ2v) is 3.24. The lowest BCUT2D eigenvalue weighted by molar-refractivity contribution is -0.116. The number of rotatable bonds is 2. The van der Waals surface area contributed by atoms with Crippen LogP contribution < -0.4 is 0 Å². The van der Waals surface area contributed by atoms with Gasteiger partial charge in [0.2, 0.25) is 0 Å². The smallest absolute Gasteiger partial charge is 0.179 e. The molecule has 4 heteroatoms. The highest BCUT2D eigenvalue weighted by atomic mass is 16.3. The van der Waals surface area contributed by atoms with Gasteiger partial charge in [0.1, 0.15) is 5.78 Å². The Labute approximate surface area is 80.8 Å². The Bertz CT molecular complexity index is 488. The minimum absolute atomic E-state index is 0.0629. The maximum atomic E-state index is 10.9. The minimum atomic E-state index is 0.0629. The van der Waals surface area contributed by atoms with E-state index in [9.17, 15) is 9.90 Å². The van der Waals surface area contributed by atoms with Crippen molar-refractivity contribution in [2.75, 3.05) is 0 Å². The Kier molecular flexibility index (Phi) is 1.96. The summed E-state index contributed by atoms with van der Waals surface area (Å²) < 4.78 is 1.70.